The number of nitriles is 1. The smallest absolute Gasteiger partial charge is 0.136 e. The minimum atomic E-state index is 0.499. The van der Waals surface area contributed by atoms with Crippen LogP contribution in [0, 0.1) is 11.3 Å². The van der Waals surface area contributed by atoms with E-state index in [0.717, 1.165) is 12.1 Å². The molecular weight excluding hydrogens is 124 g/mol. The lowest BCUT2D eigenvalue weighted by Crippen LogP contribution is -1.87. The summed E-state index contributed by atoms with van der Waals surface area (Å²) in [5, 5.41) is 8.45. The summed E-state index contributed by atoms with van der Waals surface area (Å²) in [6, 6.07) is 1.99. The Labute approximate surface area is 61.9 Å². The van der Waals surface area contributed by atoms with E-state index in [1.165, 1.54) is 0 Å². The van der Waals surface area contributed by atoms with Crippen molar-refractivity contribution in [2.45, 2.75) is 27.2 Å². The molecule has 0 rings (SSSR count). The summed E-state index contributed by atoms with van der Waals surface area (Å²) in [4.78, 5) is 4.05. The highest BCUT2D eigenvalue weighted by atomic mass is 14.7. The van der Waals surface area contributed by atoms with Crippen LogP contribution in [-0.2, 0) is 0 Å². The number of allylic oxidation sites excluding steroid dienone is 2. The van der Waals surface area contributed by atoms with Crippen LogP contribution in [0.2, 0.25) is 0 Å². The van der Waals surface area contributed by atoms with Gasteiger partial charge in [-0.25, -0.2) is 4.99 Å². The first kappa shape index (κ1) is 8.90. The van der Waals surface area contributed by atoms with Gasteiger partial charge in [-0.1, -0.05) is 13.0 Å². The first-order valence-electron chi connectivity index (χ1n) is 3.35. The van der Waals surface area contributed by atoms with E-state index >= 15 is 0 Å². The van der Waals surface area contributed by atoms with Crippen LogP contribution in [0.15, 0.2) is 16.8 Å². The molecule has 0 aromatic rings. The molecule has 0 fully saturated rings. The number of aliphatic imine (C=N–C) groups is 1. The highest BCUT2D eigenvalue weighted by Crippen LogP contribution is 1.96. The van der Waals surface area contributed by atoms with E-state index in [4.69, 9.17) is 5.26 Å². The van der Waals surface area contributed by atoms with Gasteiger partial charge in [0.2, 0.25) is 0 Å². The van der Waals surface area contributed by atoms with Gasteiger partial charge in [-0.2, -0.15) is 5.26 Å². The van der Waals surface area contributed by atoms with Gasteiger partial charge in [-0.05, 0) is 20.3 Å². The molecule has 0 spiro atoms. The second-order valence-electron chi connectivity index (χ2n) is 1.99. The van der Waals surface area contributed by atoms with Crippen LogP contribution in [0.25, 0.3) is 0 Å². The summed E-state index contributed by atoms with van der Waals surface area (Å²) >= 11 is 0. The van der Waals surface area contributed by atoms with E-state index in [-0.39, 0.29) is 0 Å². The normalized spacial score (nSPS) is 13.0. The zero-order valence-corrected chi connectivity index (χ0v) is 6.68. The van der Waals surface area contributed by atoms with Gasteiger partial charge < -0.3 is 0 Å². The van der Waals surface area contributed by atoms with E-state index in [2.05, 4.69) is 4.99 Å². The molecule has 0 aliphatic rings. The molecule has 0 aromatic heterocycles. The Balaban J connectivity index is 4.27. The molecule has 0 amide bonds. The lowest BCUT2D eigenvalue weighted by molar-refractivity contribution is 1.23. The third kappa shape index (κ3) is 3.03. The topological polar surface area (TPSA) is 36.1 Å². The zero-order chi connectivity index (χ0) is 7.98. The Hall–Kier alpha value is -1.10. The summed E-state index contributed by atoms with van der Waals surface area (Å²) in [5.74, 6) is 0. The summed E-state index contributed by atoms with van der Waals surface area (Å²) in [6.07, 6.45) is 2.61. The molecule has 2 nitrogen and oxygen atoms in total. The van der Waals surface area contributed by atoms with Crippen molar-refractivity contribution < 1.29 is 0 Å². The van der Waals surface area contributed by atoms with E-state index in [1.54, 1.807) is 6.08 Å². The van der Waals surface area contributed by atoms with Crippen molar-refractivity contribution in [3.8, 4) is 6.07 Å². The molecule has 0 radical (unpaired) electrons. The maximum atomic E-state index is 8.45. The first-order chi connectivity index (χ1) is 4.74. The van der Waals surface area contributed by atoms with E-state index in [1.807, 2.05) is 26.8 Å². The molecule has 0 unspecified atom stereocenters. The quantitative estimate of drug-likeness (QED) is 0.423. The molecule has 54 valence electrons. The SMILES string of the molecule is C/C=C(/C#N)N=C(C)CC. The number of hydrogen-bond acceptors (Lipinski definition) is 2. The Kier molecular flexibility index (Phi) is 4.23. The van der Waals surface area contributed by atoms with Crippen LogP contribution in [0.4, 0.5) is 0 Å². The van der Waals surface area contributed by atoms with Crippen LogP contribution in [0.1, 0.15) is 27.2 Å². The third-order valence-corrected chi connectivity index (χ3v) is 1.21. The van der Waals surface area contributed by atoms with E-state index < -0.39 is 0 Å². The molecule has 0 N–H and O–H groups in total. The minimum absolute atomic E-state index is 0.499. The molecule has 2 heteroatoms. The Bertz CT molecular complexity index is 194. The van der Waals surface area contributed by atoms with Crippen LogP contribution < -0.4 is 0 Å². The van der Waals surface area contributed by atoms with Gasteiger partial charge >= 0.3 is 0 Å². The fraction of sp³-hybridized carbons (Fsp3) is 0.500. The van der Waals surface area contributed by atoms with Gasteiger partial charge in [0.15, 0.2) is 0 Å². The monoisotopic (exact) mass is 136 g/mol. The highest BCUT2D eigenvalue weighted by Gasteiger charge is 1.88. The molecule has 0 atom stereocenters. The predicted molar refractivity (Wildman–Crippen MR) is 42.8 cm³/mol. The average molecular weight is 136 g/mol. The van der Waals surface area contributed by atoms with Crippen molar-refractivity contribution in [3.05, 3.63) is 11.8 Å². The predicted octanol–water partition coefficient (Wildman–Crippen LogP) is 2.28. The van der Waals surface area contributed by atoms with Gasteiger partial charge in [0, 0.05) is 5.71 Å². The van der Waals surface area contributed by atoms with Gasteiger partial charge in [-0.15, -0.1) is 0 Å². The van der Waals surface area contributed by atoms with E-state index in [9.17, 15) is 0 Å². The summed E-state index contributed by atoms with van der Waals surface area (Å²) in [7, 11) is 0. The molecule has 0 bridgehead atoms. The Morgan fingerprint density at radius 3 is 2.60 bits per heavy atom. The molecule has 0 heterocycles. The van der Waals surface area contributed by atoms with Crippen molar-refractivity contribution in [3.63, 3.8) is 0 Å². The van der Waals surface area contributed by atoms with Crippen molar-refractivity contribution in [2.75, 3.05) is 0 Å². The van der Waals surface area contributed by atoms with Gasteiger partial charge in [0.25, 0.3) is 0 Å². The van der Waals surface area contributed by atoms with Gasteiger partial charge in [0.1, 0.15) is 11.8 Å². The second kappa shape index (κ2) is 4.75. The molecule has 0 aliphatic heterocycles. The highest BCUT2D eigenvalue weighted by molar-refractivity contribution is 5.82. The van der Waals surface area contributed by atoms with Crippen LogP contribution in [-0.4, -0.2) is 5.71 Å². The maximum absolute atomic E-state index is 8.45. The van der Waals surface area contributed by atoms with Crippen molar-refractivity contribution >= 4 is 5.71 Å². The van der Waals surface area contributed by atoms with Crippen LogP contribution >= 0.6 is 0 Å². The van der Waals surface area contributed by atoms with Crippen LogP contribution in [0.5, 0.6) is 0 Å². The maximum Gasteiger partial charge on any atom is 0.136 e. The number of hydrogen-bond donors (Lipinski definition) is 0. The lowest BCUT2D eigenvalue weighted by Gasteiger charge is -1.91. The fourth-order valence-corrected chi connectivity index (χ4v) is 0.439. The van der Waals surface area contributed by atoms with Crippen molar-refractivity contribution in [1.82, 2.24) is 0 Å². The minimum Gasteiger partial charge on any atom is -0.247 e. The number of rotatable bonds is 2. The molecule has 0 saturated carbocycles. The number of nitrogens with zero attached hydrogens (tertiary/aromatic N) is 2. The van der Waals surface area contributed by atoms with Crippen molar-refractivity contribution in [2.24, 2.45) is 4.99 Å². The summed E-state index contributed by atoms with van der Waals surface area (Å²) in [6.45, 7) is 5.75. The molecule has 10 heavy (non-hydrogen) atoms. The standard InChI is InChI=1S/C8H12N2/c1-4-7(3)10-8(5-2)6-9/h5H,4H2,1-3H3/b8-5-,10-7?. The van der Waals surface area contributed by atoms with Crippen LogP contribution in [0.3, 0.4) is 0 Å². The largest absolute Gasteiger partial charge is 0.247 e. The molecule has 0 aromatic carbocycles. The second-order valence-corrected chi connectivity index (χ2v) is 1.99. The third-order valence-electron chi connectivity index (χ3n) is 1.21. The Morgan fingerprint density at radius 1 is 1.70 bits per heavy atom. The van der Waals surface area contributed by atoms with E-state index in [0.29, 0.717) is 5.70 Å². The zero-order valence-electron chi connectivity index (χ0n) is 6.68. The summed E-state index contributed by atoms with van der Waals surface area (Å²) in [5.41, 5.74) is 1.49. The summed E-state index contributed by atoms with van der Waals surface area (Å²) < 4.78 is 0. The molecular formula is C8H12N2. The average Bonchev–Trinajstić information content (AvgIpc) is 1.99. The van der Waals surface area contributed by atoms with Crippen molar-refractivity contribution in [1.29, 1.82) is 5.26 Å². The molecule has 0 saturated heterocycles. The first-order valence-corrected chi connectivity index (χ1v) is 3.35. The Morgan fingerprint density at radius 2 is 2.30 bits per heavy atom. The van der Waals surface area contributed by atoms with Gasteiger partial charge in [-0.3, -0.25) is 0 Å². The fourth-order valence-electron chi connectivity index (χ4n) is 0.439. The molecule has 0 aliphatic carbocycles. The lowest BCUT2D eigenvalue weighted by atomic mass is 10.3. The van der Waals surface area contributed by atoms with Gasteiger partial charge in [0.05, 0.1) is 0 Å².